The first-order valence-electron chi connectivity index (χ1n) is 4.81. The van der Waals surface area contributed by atoms with E-state index < -0.39 is 0 Å². The minimum Gasteiger partial charge on any atom is -0.306 e. The smallest absolute Gasteiger partial charge is 0.140 e. The van der Waals surface area contributed by atoms with E-state index in [9.17, 15) is 0 Å². The number of pyridine rings is 1. The molecular formula is C12H10N2S. The summed E-state index contributed by atoms with van der Waals surface area (Å²) in [4.78, 5) is 4.62. The van der Waals surface area contributed by atoms with Crippen molar-refractivity contribution in [2.45, 2.75) is 6.92 Å². The number of aryl methyl sites for hydroxylation is 1. The first-order valence-corrected chi connectivity index (χ1v) is 5.76. The summed E-state index contributed by atoms with van der Waals surface area (Å²) in [5, 5.41) is 4.20. The maximum Gasteiger partial charge on any atom is 0.140 e. The average Bonchev–Trinajstić information content (AvgIpc) is 2.86. The van der Waals surface area contributed by atoms with E-state index in [1.807, 2.05) is 12.3 Å². The van der Waals surface area contributed by atoms with Crippen molar-refractivity contribution in [3.8, 4) is 11.3 Å². The molecule has 0 aliphatic rings. The highest BCUT2D eigenvalue weighted by molar-refractivity contribution is 7.08. The molecule has 74 valence electrons. The van der Waals surface area contributed by atoms with Crippen molar-refractivity contribution in [1.29, 1.82) is 0 Å². The Morgan fingerprint density at radius 1 is 1.33 bits per heavy atom. The van der Waals surface area contributed by atoms with Crippen LogP contribution in [0.3, 0.4) is 0 Å². The van der Waals surface area contributed by atoms with Crippen molar-refractivity contribution in [1.82, 2.24) is 9.38 Å². The van der Waals surface area contributed by atoms with Gasteiger partial charge in [-0.05, 0) is 30.0 Å². The Morgan fingerprint density at radius 3 is 3.00 bits per heavy atom. The summed E-state index contributed by atoms with van der Waals surface area (Å²) >= 11 is 1.70. The van der Waals surface area contributed by atoms with Crippen LogP contribution in [0.25, 0.3) is 16.9 Å². The molecule has 0 aliphatic heterocycles. The first kappa shape index (κ1) is 8.68. The number of nitrogens with zero attached hydrogens (tertiary/aromatic N) is 2. The average molecular weight is 214 g/mol. The molecule has 3 heteroatoms. The lowest BCUT2D eigenvalue weighted by Crippen LogP contribution is -1.83. The van der Waals surface area contributed by atoms with Crippen molar-refractivity contribution in [2.75, 3.05) is 0 Å². The molecule has 15 heavy (non-hydrogen) atoms. The molecule has 0 aliphatic carbocycles. The van der Waals surface area contributed by atoms with Gasteiger partial charge in [0, 0.05) is 23.3 Å². The Bertz CT molecular complexity index is 593. The fourth-order valence-electron chi connectivity index (χ4n) is 1.70. The van der Waals surface area contributed by atoms with Crippen molar-refractivity contribution < 1.29 is 0 Å². The summed E-state index contributed by atoms with van der Waals surface area (Å²) in [6.45, 7) is 2.08. The van der Waals surface area contributed by atoms with Crippen LogP contribution >= 0.6 is 11.3 Å². The van der Waals surface area contributed by atoms with E-state index in [1.165, 1.54) is 11.1 Å². The second-order valence-corrected chi connectivity index (χ2v) is 4.34. The molecule has 0 unspecified atom stereocenters. The molecule has 0 aromatic carbocycles. The Hall–Kier alpha value is -1.61. The Kier molecular flexibility index (Phi) is 1.86. The lowest BCUT2D eigenvalue weighted by molar-refractivity contribution is 1.16. The van der Waals surface area contributed by atoms with Crippen LogP contribution < -0.4 is 0 Å². The van der Waals surface area contributed by atoms with E-state index in [1.54, 1.807) is 11.3 Å². The summed E-state index contributed by atoms with van der Waals surface area (Å²) in [7, 11) is 0. The highest BCUT2D eigenvalue weighted by atomic mass is 32.1. The summed E-state index contributed by atoms with van der Waals surface area (Å²) in [5.41, 5.74) is 4.49. The molecule has 0 saturated heterocycles. The number of hydrogen-bond donors (Lipinski definition) is 0. The zero-order valence-corrected chi connectivity index (χ0v) is 9.16. The van der Waals surface area contributed by atoms with Crippen LogP contribution in [-0.4, -0.2) is 9.38 Å². The number of aromatic nitrogens is 2. The molecule has 3 heterocycles. The highest BCUT2D eigenvalue weighted by Crippen LogP contribution is 2.22. The van der Waals surface area contributed by atoms with Gasteiger partial charge in [-0.2, -0.15) is 11.3 Å². The fourth-order valence-corrected chi connectivity index (χ4v) is 2.35. The summed E-state index contributed by atoms with van der Waals surface area (Å²) in [6.07, 6.45) is 4.11. The molecule has 0 spiro atoms. The second-order valence-electron chi connectivity index (χ2n) is 3.56. The summed E-state index contributed by atoms with van der Waals surface area (Å²) in [5.74, 6) is 0. The molecule has 0 amide bonds. The third-order valence-electron chi connectivity index (χ3n) is 2.49. The van der Waals surface area contributed by atoms with Gasteiger partial charge in [-0.25, -0.2) is 4.98 Å². The third-order valence-corrected chi connectivity index (χ3v) is 3.18. The molecule has 3 aromatic rings. The van der Waals surface area contributed by atoms with Gasteiger partial charge in [0.15, 0.2) is 0 Å². The van der Waals surface area contributed by atoms with E-state index in [0.29, 0.717) is 0 Å². The zero-order chi connectivity index (χ0) is 10.3. The van der Waals surface area contributed by atoms with Crippen LogP contribution in [0.15, 0.2) is 41.4 Å². The normalized spacial score (nSPS) is 11.0. The molecular weight excluding hydrogens is 204 g/mol. The monoisotopic (exact) mass is 214 g/mol. The third kappa shape index (κ3) is 1.36. The van der Waals surface area contributed by atoms with Crippen LogP contribution in [-0.2, 0) is 0 Å². The lowest BCUT2D eigenvalue weighted by atomic mass is 10.3. The molecule has 2 nitrogen and oxygen atoms in total. The van der Waals surface area contributed by atoms with E-state index in [4.69, 9.17) is 0 Å². The number of thiophene rings is 1. The predicted octanol–water partition coefficient (Wildman–Crippen LogP) is 3.37. The van der Waals surface area contributed by atoms with Crippen LogP contribution in [0.2, 0.25) is 0 Å². The number of fused-ring (bicyclic) bond motifs is 1. The molecule has 3 aromatic heterocycles. The minimum atomic E-state index is 1.04. The number of rotatable bonds is 1. The van der Waals surface area contributed by atoms with Gasteiger partial charge in [-0.15, -0.1) is 0 Å². The largest absolute Gasteiger partial charge is 0.306 e. The summed E-state index contributed by atoms with van der Waals surface area (Å²) in [6, 6.07) is 6.23. The van der Waals surface area contributed by atoms with Crippen LogP contribution in [0, 0.1) is 6.92 Å². The number of hydrogen-bond acceptors (Lipinski definition) is 2. The molecule has 0 radical (unpaired) electrons. The van der Waals surface area contributed by atoms with Gasteiger partial charge in [-0.3, -0.25) is 0 Å². The fraction of sp³-hybridized carbons (Fsp3) is 0.0833. The number of imidazole rings is 1. The van der Waals surface area contributed by atoms with Crippen LogP contribution in [0.5, 0.6) is 0 Å². The maximum atomic E-state index is 4.62. The van der Waals surface area contributed by atoms with Crippen molar-refractivity contribution in [3.05, 3.63) is 46.9 Å². The molecule has 0 bridgehead atoms. The summed E-state index contributed by atoms with van der Waals surface area (Å²) < 4.78 is 2.07. The molecule has 3 rings (SSSR count). The van der Waals surface area contributed by atoms with E-state index in [0.717, 1.165) is 11.3 Å². The molecule has 0 N–H and O–H groups in total. The van der Waals surface area contributed by atoms with E-state index in [2.05, 4.69) is 45.4 Å². The van der Waals surface area contributed by atoms with Crippen LogP contribution in [0.4, 0.5) is 0 Å². The molecule has 0 atom stereocenters. The predicted molar refractivity (Wildman–Crippen MR) is 63.2 cm³/mol. The Labute approximate surface area is 91.8 Å². The van der Waals surface area contributed by atoms with Gasteiger partial charge in [0.1, 0.15) is 5.65 Å². The van der Waals surface area contributed by atoms with Gasteiger partial charge in [0.05, 0.1) is 5.69 Å². The van der Waals surface area contributed by atoms with Gasteiger partial charge in [0.2, 0.25) is 0 Å². The van der Waals surface area contributed by atoms with E-state index >= 15 is 0 Å². The molecule has 0 saturated carbocycles. The SMILES string of the molecule is Cc1cccn2cc(-c3ccsc3)nc12. The lowest BCUT2D eigenvalue weighted by Gasteiger charge is -1.93. The Balaban J connectivity index is 2.27. The van der Waals surface area contributed by atoms with Gasteiger partial charge < -0.3 is 4.40 Å². The first-order chi connectivity index (χ1) is 7.34. The second kappa shape index (κ2) is 3.21. The minimum absolute atomic E-state index is 1.04. The maximum absolute atomic E-state index is 4.62. The van der Waals surface area contributed by atoms with Crippen LogP contribution in [0.1, 0.15) is 5.56 Å². The van der Waals surface area contributed by atoms with Gasteiger partial charge >= 0.3 is 0 Å². The highest BCUT2D eigenvalue weighted by Gasteiger charge is 2.05. The van der Waals surface area contributed by atoms with Gasteiger partial charge in [0.25, 0.3) is 0 Å². The van der Waals surface area contributed by atoms with Gasteiger partial charge in [-0.1, -0.05) is 6.07 Å². The zero-order valence-electron chi connectivity index (χ0n) is 8.34. The Morgan fingerprint density at radius 2 is 2.27 bits per heavy atom. The van der Waals surface area contributed by atoms with Crippen molar-refractivity contribution in [2.24, 2.45) is 0 Å². The molecule has 0 fully saturated rings. The topological polar surface area (TPSA) is 17.3 Å². The van der Waals surface area contributed by atoms with E-state index in [-0.39, 0.29) is 0 Å². The standard InChI is InChI=1S/C12H10N2S/c1-9-3-2-5-14-7-11(13-12(9)14)10-4-6-15-8-10/h2-8H,1H3. The quantitative estimate of drug-likeness (QED) is 0.607. The van der Waals surface area contributed by atoms with Crippen molar-refractivity contribution in [3.63, 3.8) is 0 Å². The van der Waals surface area contributed by atoms with Crippen molar-refractivity contribution >= 4 is 17.0 Å².